The molecule has 0 bridgehead atoms. The maximum Gasteiger partial charge on any atom is 0.243 e. The van der Waals surface area contributed by atoms with Crippen molar-refractivity contribution in [1.82, 2.24) is 9.62 Å². The third-order valence-corrected chi connectivity index (χ3v) is 8.90. The Morgan fingerprint density at radius 2 is 1.69 bits per heavy atom. The van der Waals surface area contributed by atoms with Crippen LogP contribution in [0.2, 0.25) is 0 Å². The Kier molecular flexibility index (Phi) is 7.01. The first kappa shape index (κ1) is 23.0. The van der Waals surface area contributed by atoms with Gasteiger partial charge in [0.15, 0.2) is 0 Å². The SMILES string of the molecule is CC[C@@H](NC(=O)C1CCN(S(=O)(=O)c2ccc(C)cc2)CC1)c1ccc2c(c1)CCCC2. The number of hydrogen-bond donors (Lipinski definition) is 1. The van der Waals surface area contributed by atoms with Gasteiger partial charge in [-0.15, -0.1) is 0 Å². The van der Waals surface area contributed by atoms with Crippen LogP contribution in [0.5, 0.6) is 0 Å². The first-order valence-corrected chi connectivity index (χ1v) is 13.3. The van der Waals surface area contributed by atoms with Crippen LogP contribution in [0.1, 0.15) is 67.3 Å². The number of carbonyl (C=O) groups is 1. The molecule has 172 valence electrons. The summed E-state index contributed by atoms with van der Waals surface area (Å²) in [6.45, 7) is 4.79. The first-order valence-electron chi connectivity index (χ1n) is 11.9. The highest BCUT2D eigenvalue weighted by molar-refractivity contribution is 7.89. The number of sulfonamides is 1. The normalized spacial score (nSPS) is 18.7. The maximum atomic E-state index is 13.0. The summed E-state index contributed by atoms with van der Waals surface area (Å²) >= 11 is 0. The molecule has 0 radical (unpaired) electrons. The highest BCUT2D eigenvalue weighted by Crippen LogP contribution is 2.28. The molecule has 1 atom stereocenters. The number of fused-ring (bicyclic) bond motifs is 1. The van der Waals surface area contributed by atoms with E-state index >= 15 is 0 Å². The Bertz CT molecular complexity index is 1050. The Morgan fingerprint density at radius 1 is 1.03 bits per heavy atom. The van der Waals surface area contributed by atoms with Crippen molar-refractivity contribution < 1.29 is 13.2 Å². The molecule has 2 aromatic carbocycles. The second kappa shape index (κ2) is 9.75. The summed E-state index contributed by atoms with van der Waals surface area (Å²) < 4.78 is 27.4. The molecule has 0 spiro atoms. The molecular weight excluding hydrogens is 420 g/mol. The molecule has 1 aliphatic carbocycles. The second-order valence-electron chi connectivity index (χ2n) is 9.20. The molecule has 4 rings (SSSR count). The first-order chi connectivity index (χ1) is 15.4. The van der Waals surface area contributed by atoms with E-state index < -0.39 is 10.0 Å². The van der Waals surface area contributed by atoms with Crippen LogP contribution in [0, 0.1) is 12.8 Å². The molecule has 0 unspecified atom stereocenters. The zero-order chi connectivity index (χ0) is 22.7. The third-order valence-electron chi connectivity index (χ3n) is 6.98. The summed E-state index contributed by atoms with van der Waals surface area (Å²) in [4.78, 5) is 13.3. The van der Waals surface area contributed by atoms with E-state index in [9.17, 15) is 13.2 Å². The lowest BCUT2D eigenvalue weighted by Crippen LogP contribution is -2.43. The fraction of sp³-hybridized carbons (Fsp3) is 0.500. The number of piperidine rings is 1. The lowest BCUT2D eigenvalue weighted by molar-refractivity contribution is -0.126. The molecule has 5 nitrogen and oxygen atoms in total. The number of benzene rings is 2. The van der Waals surface area contributed by atoms with Crippen molar-refractivity contribution >= 4 is 15.9 Å². The van der Waals surface area contributed by atoms with Crippen LogP contribution in [-0.4, -0.2) is 31.7 Å². The molecule has 2 aromatic rings. The van der Waals surface area contributed by atoms with E-state index in [0.717, 1.165) is 24.8 Å². The van der Waals surface area contributed by atoms with E-state index in [-0.39, 0.29) is 17.9 Å². The van der Waals surface area contributed by atoms with Gasteiger partial charge < -0.3 is 5.32 Å². The smallest absolute Gasteiger partial charge is 0.243 e. The number of rotatable bonds is 6. The van der Waals surface area contributed by atoms with Crippen LogP contribution in [0.15, 0.2) is 47.4 Å². The molecule has 0 saturated carbocycles. The van der Waals surface area contributed by atoms with Crippen LogP contribution in [0.25, 0.3) is 0 Å². The van der Waals surface area contributed by atoms with Gasteiger partial charge in [0.05, 0.1) is 10.9 Å². The second-order valence-corrected chi connectivity index (χ2v) is 11.1. The molecule has 32 heavy (non-hydrogen) atoms. The van der Waals surface area contributed by atoms with Crippen molar-refractivity contribution in [3.05, 3.63) is 64.7 Å². The van der Waals surface area contributed by atoms with Gasteiger partial charge in [-0.1, -0.05) is 42.8 Å². The van der Waals surface area contributed by atoms with Crippen LogP contribution >= 0.6 is 0 Å². The van der Waals surface area contributed by atoms with Gasteiger partial charge in [0.25, 0.3) is 0 Å². The largest absolute Gasteiger partial charge is 0.349 e. The summed E-state index contributed by atoms with van der Waals surface area (Å²) in [5.74, 6) is -0.104. The van der Waals surface area contributed by atoms with Gasteiger partial charge in [0, 0.05) is 19.0 Å². The topological polar surface area (TPSA) is 66.5 Å². The molecule has 0 aromatic heterocycles. The maximum absolute atomic E-state index is 13.0. The predicted molar refractivity (Wildman–Crippen MR) is 127 cm³/mol. The van der Waals surface area contributed by atoms with E-state index in [0.29, 0.717) is 30.8 Å². The van der Waals surface area contributed by atoms with E-state index in [2.05, 4.69) is 30.4 Å². The zero-order valence-corrected chi connectivity index (χ0v) is 20.0. The van der Waals surface area contributed by atoms with Gasteiger partial charge in [-0.2, -0.15) is 4.31 Å². The van der Waals surface area contributed by atoms with Crippen molar-refractivity contribution in [2.45, 2.75) is 69.7 Å². The minimum absolute atomic E-state index is 0.00375. The summed E-state index contributed by atoms with van der Waals surface area (Å²) in [6, 6.07) is 13.6. The van der Waals surface area contributed by atoms with E-state index in [4.69, 9.17) is 0 Å². The average Bonchev–Trinajstić information content (AvgIpc) is 2.82. The Balaban J connectivity index is 1.37. The van der Waals surface area contributed by atoms with Gasteiger partial charge in [0.2, 0.25) is 15.9 Å². The monoisotopic (exact) mass is 454 g/mol. The van der Waals surface area contributed by atoms with Crippen molar-refractivity contribution in [3.63, 3.8) is 0 Å². The zero-order valence-electron chi connectivity index (χ0n) is 19.1. The molecule has 1 N–H and O–H groups in total. The van der Waals surface area contributed by atoms with E-state index in [1.54, 1.807) is 12.1 Å². The number of hydrogen-bond acceptors (Lipinski definition) is 3. The van der Waals surface area contributed by atoms with Gasteiger partial charge in [-0.3, -0.25) is 4.79 Å². The van der Waals surface area contributed by atoms with Crippen LogP contribution < -0.4 is 5.32 Å². The number of nitrogens with one attached hydrogen (secondary N) is 1. The van der Waals surface area contributed by atoms with Crippen molar-refractivity contribution in [3.8, 4) is 0 Å². The Labute approximate surface area is 192 Å². The number of nitrogens with zero attached hydrogens (tertiary/aromatic N) is 1. The van der Waals surface area contributed by atoms with Crippen molar-refractivity contribution in [1.29, 1.82) is 0 Å². The van der Waals surface area contributed by atoms with Gasteiger partial charge in [0.1, 0.15) is 0 Å². The van der Waals surface area contributed by atoms with Gasteiger partial charge >= 0.3 is 0 Å². The molecule has 1 aliphatic heterocycles. The number of aryl methyl sites for hydroxylation is 3. The molecule has 1 heterocycles. The highest BCUT2D eigenvalue weighted by Gasteiger charge is 2.32. The minimum atomic E-state index is -3.51. The molecule has 1 amide bonds. The minimum Gasteiger partial charge on any atom is -0.349 e. The fourth-order valence-electron chi connectivity index (χ4n) is 4.90. The molecule has 6 heteroatoms. The van der Waals surface area contributed by atoms with Crippen LogP contribution in [0.4, 0.5) is 0 Å². The predicted octanol–water partition coefficient (Wildman–Crippen LogP) is 4.54. The number of carbonyl (C=O) groups excluding carboxylic acids is 1. The van der Waals surface area contributed by atoms with Crippen LogP contribution in [-0.2, 0) is 27.7 Å². The molecular formula is C26H34N2O3S. The van der Waals surface area contributed by atoms with Crippen LogP contribution in [0.3, 0.4) is 0 Å². The molecule has 1 saturated heterocycles. The average molecular weight is 455 g/mol. The Hall–Kier alpha value is -2.18. The molecule has 1 fully saturated rings. The van der Waals surface area contributed by atoms with E-state index in [1.807, 2.05) is 19.1 Å². The quantitative estimate of drug-likeness (QED) is 0.697. The van der Waals surface area contributed by atoms with Gasteiger partial charge in [-0.25, -0.2) is 8.42 Å². The lowest BCUT2D eigenvalue weighted by Gasteiger charge is -2.31. The third kappa shape index (κ3) is 4.91. The summed E-state index contributed by atoms with van der Waals surface area (Å²) in [5, 5.41) is 3.24. The number of amides is 1. The van der Waals surface area contributed by atoms with Crippen molar-refractivity contribution in [2.24, 2.45) is 5.92 Å². The summed E-state index contributed by atoms with van der Waals surface area (Å²) in [6.07, 6.45) is 6.73. The summed E-state index contributed by atoms with van der Waals surface area (Å²) in [5.41, 5.74) is 5.09. The fourth-order valence-corrected chi connectivity index (χ4v) is 6.37. The molecule has 2 aliphatic rings. The van der Waals surface area contributed by atoms with Crippen molar-refractivity contribution in [2.75, 3.05) is 13.1 Å². The Morgan fingerprint density at radius 3 is 2.34 bits per heavy atom. The summed E-state index contributed by atoms with van der Waals surface area (Å²) in [7, 11) is -3.51. The standard InChI is InChI=1S/C26H34N2O3S/c1-3-25(23-11-10-20-6-4-5-7-22(20)18-23)27-26(29)21-14-16-28(17-15-21)32(30,31)24-12-8-19(2)9-13-24/h8-13,18,21,25H,3-7,14-17H2,1-2H3,(H,27,29)/t25-/m1/s1. The lowest BCUT2D eigenvalue weighted by atomic mass is 9.88. The highest BCUT2D eigenvalue weighted by atomic mass is 32.2. The van der Waals surface area contributed by atoms with Gasteiger partial charge in [-0.05, 0) is 80.7 Å². The van der Waals surface area contributed by atoms with E-state index in [1.165, 1.54) is 33.8 Å².